The summed E-state index contributed by atoms with van der Waals surface area (Å²) in [5.74, 6) is 0.679. The van der Waals surface area contributed by atoms with Crippen LogP contribution in [-0.4, -0.2) is 10.2 Å². The topological polar surface area (TPSA) is 28.7 Å². The lowest BCUT2D eigenvalue weighted by molar-refractivity contribution is 0.745. The maximum absolute atomic E-state index is 4.07. The van der Waals surface area contributed by atoms with E-state index in [4.69, 9.17) is 0 Å². The normalized spacial score (nSPS) is 20.3. The second-order valence-electron chi connectivity index (χ2n) is 4.03. The Morgan fingerprint density at radius 3 is 3.29 bits per heavy atom. The Bertz CT molecular complexity index is 501. The summed E-state index contributed by atoms with van der Waals surface area (Å²) >= 11 is 3.69. The van der Waals surface area contributed by atoms with E-state index in [9.17, 15) is 0 Å². The van der Waals surface area contributed by atoms with Crippen LogP contribution in [0.5, 0.6) is 0 Å². The fourth-order valence-corrected chi connectivity index (χ4v) is 3.34. The number of rotatable bonds is 0. The Morgan fingerprint density at radius 2 is 2.43 bits per heavy atom. The van der Waals surface area contributed by atoms with E-state index in [1.165, 1.54) is 33.8 Å². The molecule has 0 fully saturated rings. The van der Waals surface area contributed by atoms with Gasteiger partial charge in [-0.05, 0) is 51.9 Å². The zero-order chi connectivity index (χ0) is 9.71. The van der Waals surface area contributed by atoms with E-state index in [1.54, 1.807) is 0 Å². The molecule has 0 saturated carbocycles. The number of halogens is 1. The van der Waals surface area contributed by atoms with Gasteiger partial charge in [-0.3, -0.25) is 5.10 Å². The van der Waals surface area contributed by atoms with Gasteiger partial charge in [-0.15, -0.1) is 0 Å². The molecule has 72 valence electrons. The second kappa shape index (κ2) is 2.83. The van der Waals surface area contributed by atoms with E-state index in [-0.39, 0.29) is 0 Å². The first-order chi connectivity index (χ1) is 6.77. The van der Waals surface area contributed by atoms with Gasteiger partial charge in [0.1, 0.15) is 0 Å². The molecule has 2 nitrogen and oxygen atoms in total. The molecule has 1 aromatic carbocycles. The molecule has 3 rings (SSSR count). The van der Waals surface area contributed by atoms with Crippen molar-refractivity contribution in [3.8, 4) is 0 Å². The number of aromatic amines is 1. The highest BCUT2D eigenvalue weighted by Crippen LogP contribution is 2.41. The lowest BCUT2D eigenvalue weighted by Gasteiger charge is -2.08. The average Bonchev–Trinajstić information content (AvgIpc) is 2.74. The van der Waals surface area contributed by atoms with Crippen LogP contribution in [0.4, 0.5) is 0 Å². The van der Waals surface area contributed by atoms with Gasteiger partial charge in [-0.25, -0.2) is 0 Å². The van der Waals surface area contributed by atoms with Crippen LogP contribution in [0.15, 0.2) is 16.7 Å². The molecule has 1 aromatic heterocycles. The minimum Gasteiger partial charge on any atom is -0.278 e. The van der Waals surface area contributed by atoms with Crippen molar-refractivity contribution < 1.29 is 0 Å². The molecule has 1 atom stereocenters. The molecule has 1 aliphatic carbocycles. The van der Waals surface area contributed by atoms with Crippen LogP contribution in [-0.2, 0) is 6.42 Å². The summed E-state index contributed by atoms with van der Waals surface area (Å²) in [6, 6.07) is 2.24. The number of aromatic nitrogens is 2. The highest BCUT2D eigenvalue weighted by molar-refractivity contribution is 9.10. The van der Waals surface area contributed by atoms with Crippen molar-refractivity contribution in [3.63, 3.8) is 0 Å². The largest absolute Gasteiger partial charge is 0.278 e. The number of nitrogens with zero attached hydrogens (tertiary/aromatic N) is 1. The van der Waals surface area contributed by atoms with E-state index >= 15 is 0 Å². The Morgan fingerprint density at radius 1 is 1.57 bits per heavy atom. The Balaban J connectivity index is 2.42. The maximum atomic E-state index is 4.07. The fraction of sp³-hybridized carbons (Fsp3) is 0.364. The first-order valence-electron chi connectivity index (χ1n) is 4.91. The Labute approximate surface area is 90.8 Å². The van der Waals surface area contributed by atoms with Gasteiger partial charge in [-0.1, -0.05) is 6.92 Å². The first kappa shape index (κ1) is 8.48. The third-order valence-electron chi connectivity index (χ3n) is 3.15. The number of hydrogen-bond donors (Lipinski definition) is 1. The van der Waals surface area contributed by atoms with Crippen molar-refractivity contribution in [2.75, 3.05) is 0 Å². The van der Waals surface area contributed by atoms with Crippen LogP contribution in [0.1, 0.15) is 30.4 Å². The third kappa shape index (κ3) is 0.989. The van der Waals surface area contributed by atoms with Gasteiger partial charge >= 0.3 is 0 Å². The zero-order valence-electron chi connectivity index (χ0n) is 7.97. The van der Waals surface area contributed by atoms with Gasteiger partial charge in [0.25, 0.3) is 0 Å². The number of benzene rings is 1. The molecule has 3 heteroatoms. The summed E-state index contributed by atoms with van der Waals surface area (Å²) in [5, 5.41) is 8.30. The monoisotopic (exact) mass is 250 g/mol. The number of nitrogens with one attached hydrogen (secondary N) is 1. The van der Waals surface area contributed by atoms with Gasteiger partial charge in [0.2, 0.25) is 0 Å². The Kier molecular flexibility index (Phi) is 1.71. The molecule has 0 spiro atoms. The van der Waals surface area contributed by atoms with E-state index < -0.39 is 0 Å². The van der Waals surface area contributed by atoms with Crippen molar-refractivity contribution in [3.05, 3.63) is 27.9 Å². The van der Waals surface area contributed by atoms with E-state index in [2.05, 4.69) is 39.1 Å². The second-order valence-corrected chi connectivity index (χ2v) is 4.83. The van der Waals surface area contributed by atoms with E-state index in [0.29, 0.717) is 5.92 Å². The number of hydrogen-bond acceptors (Lipinski definition) is 1. The molecular weight excluding hydrogens is 240 g/mol. The lowest BCUT2D eigenvalue weighted by atomic mass is 10.0. The summed E-state index contributed by atoms with van der Waals surface area (Å²) in [6.45, 7) is 2.29. The quantitative estimate of drug-likeness (QED) is 0.763. The number of aryl methyl sites for hydroxylation is 1. The summed E-state index contributed by atoms with van der Waals surface area (Å²) in [6.07, 6.45) is 4.36. The average molecular weight is 251 g/mol. The molecule has 0 bridgehead atoms. The molecule has 0 aliphatic heterocycles. The zero-order valence-corrected chi connectivity index (χ0v) is 9.56. The molecule has 0 amide bonds. The van der Waals surface area contributed by atoms with Gasteiger partial charge in [0.05, 0.1) is 11.7 Å². The predicted molar refractivity (Wildman–Crippen MR) is 60.5 cm³/mol. The van der Waals surface area contributed by atoms with Gasteiger partial charge in [0.15, 0.2) is 0 Å². The van der Waals surface area contributed by atoms with Crippen LogP contribution >= 0.6 is 15.9 Å². The molecule has 14 heavy (non-hydrogen) atoms. The summed E-state index contributed by atoms with van der Waals surface area (Å²) in [5.41, 5.74) is 4.10. The summed E-state index contributed by atoms with van der Waals surface area (Å²) < 4.78 is 1.24. The summed E-state index contributed by atoms with van der Waals surface area (Å²) in [7, 11) is 0. The van der Waals surface area contributed by atoms with Crippen molar-refractivity contribution in [1.29, 1.82) is 0 Å². The van der Waals surface area contributed by atoms with Crippen molar-refractivity contribution >= 4 is 26.8 Å². The number of fused-ring (bicyclic) bond motifs is 2. The SMILES string of the molecule is C[C@@H]1CCc2cc3[nH]ncc3c(Br)c21. The van der Waals surface area contributed by atoms with E-state index in [1.807, 2.05) is 6.20 Å². The summed E-state index contributed by atoms with van der Waals surface area (Å²) in [4.78, 5) is 0. The molecule has 1 heterocycles. The molecule has 0 unspecified atom stereocenters. The van der Waals surface area contributed by atoms with Crippen LogP contribution < -0.4 is 0 Å². The van der Waals surface area contributed by atoms with Crippen LogP contribution in [0.25, 0.3) is 10.9 Å². The minimum atomic E-state index is 0.679. The highest BCUT2D eigenvalue weighted by Gasteiger charge is 2.23. The lowest BCUT2D eigenvalue weighted by Crippen LogP contribution is -1.89. The Hall–Kier alpha value is -0.830. The maximum Gasteiger partial charge on any atom is 0.0664 e. The molecule has 1 aliphatic rings. The minimum absolute atomic E-state index is 0.679. The standard InChI is InChI=1S/C11H11BrN2/c1-6-2-3-7-4-9-8(5-13-14-9)11(12)10(6)7/h4-6H,2-3H2,1H3,(H,13,14)/t6-/m1/s1. The number of H-pyrrole nitrogens is 1. The molecular formula is C11H11BrN2. The van der Waals surface area contributed by atoms with Crippen molar-refractivity contribution in [2.45, 2.75) is 25.7 Å². The van der Waals surface area contributed by atoms with Crippen LogP contribution in [0, 0.1) is 0 Å². The van der Waals surface area contributed by atoms with Gasteiger partial charge in [0, 0.05) is 9.86 Å². The molecule has 1 N–H and O–H groups in total. The van der Waals surface area contributed by atoms with E-state index in [0.717, 1.165) is 5.52 Å². The van der Waals surface area contributed by atoms with Crippen LogP contribution in [0.3, 0.4) is 0 Å². The smallest absolute Gasteiger partial charge is 0.0664 e. The van der Waals surface area contributed by atoms with Gasteiger partial charge in [-0.2, -0.15) is 5.10 Å². The van der Waals surface area contributed by atoms with Crippen molar-refractivity contribution in [1.82, 2.24) is 10.2 Å². The third-order valence-corrected chi connectivity index (χ3v) is 4.00. The molecule has 0 saturated heterocycles. The van der Waals surface area contributed by atoms with Crippen molar-refractivity contribution in [2.24, 2.45) is 0 Å². The highest BCUT2D eigenvalue weighted by atomic mass is 79.9. The molecule has 0 radical (unpaired) electrons. The predicted octanol–water partition coefficient (Wildman–Crippen LogP) is 3.38. The van der Waals surface area contributed by atoms with Crippen LogP contribution in [0.2, 0.25) is 0 Å². The first-order valence-corrected chi connectivity index (χ1v) is 5.71. The van der Waals surface area contributed by atoms with Gasteiger partial charge < -0.3 is 0 Å². The fourth-order valence-electron chi connectivity index (χ4n) is 2.38. The molecule has 2 aromatic rings.